The molecule has 9 N–H and O–H groups in total. The first-order chi connectivity index (χ1) is 35.1. The van der Waals surface area contributed by atoms with Gasteiger partial charge in [0.05, 0.1) is 39.6 Å². The van der Waals surface area contributed by atoms with Gasteiger partial charge in [-0.2, -0.15) is 27.0 Å². The van der Waals surface area contributed by atoms with Gasteiger partial charge in [0.25, 0.3) is 20.2 Å². The number of aliphatic hydroxyl groups is 3. The highest BCUT2D eigenvalue weighted by Crippen LogP contribution is 2.52. The largest absolute Gasteiger partial charge is 0.505 e. The van der Waals surface area contributed by atoms with Crippen LogP contribution in [0.3, 0.4) is 0 Å². The average Bonchev–Trinajstić information content (AvgIpc) is 3.31. The van der Waals surface area contributed by atoms with Gasteiger partial charge in [0, 0.05) is 41.9 Å². The third-order valence-corrected chi connectivity index (χ3v) is 14.0. The van der Waals surface area contributed by atoms with Gasteiger partial charge in [-0.15, -0.1) is 0 Å². The summed E-state index contributed by atoms with van der Waals surface area (Å²) in [6.07, 6.45) is 7.38. The third kappa shape index (κ3) is 11.8. The van der Waals surface area contributed by atoms with Crippen molar-refractivity contribution in [3.8, 4) is 11.5 Å². The van der Waals surface area contributed by atoms with E-state index < -0.39 is 99.3 Å². The monoisotopic (exact) mass is 1070 g/mol. The maximum Gasteiger partial charge on any atom is 0.338 e. The molecule has 75 heavy (non-hydrogen) atoms. The number of hydrogen-bond acceptors (Lipinski definition) is 19. The fraction of sp³-hybridized carbons (Fsp3) is 0.260. The maximum absolute atomic E-state index is 12.3. The predicted molar refractivity (Wildman–Crippen MR) is 270 cm³/mol. The molecule has 0 fully saturated rings. The van der Waals surface area contributed by atoms with E-state index in [0.29, 0.717) is 41.2 Å². The minimum Gasteiger partial charge on any atom is -0.505 e. The summed E-state index contributed by atoms with van der Waals surface area (Å²) < 4.78 is 86.7. The number of hydrazone groups is 2. The van der Waals surface area contributed by atoms with Crippen LogP contribution in [0, 0.1) is 5.92 Å². The van der Waals surface area contributed by atoms with E-state index in [9.17, 15) is 75.4 Å². The van der Waals surface area contributed by atoms with Crippen LogP contribution in [-0.4, -0.2) is 98.1 Å². The lowest BCUT2D eigenvalue weighted by Gasteiger charge is -2.39. The first kappa shape index (κ1) is 54.5. The zero-order valence-electron chi connectivity index (χ0n) is 40.3. The number of carbonyl (C=O) groups is 4. The van der Waals surface area contributed by atoms with Gasteiger partial charge in [0.1, 0.15) is 55.9 Å². The van der Waals surface area contributed by atoms with E-state index in [2.05, 4.69) is 41.8 Å². The van der Waals surface area contributed by atoms with Crippen molar-refractivity contribution < 1.29 is 84.5 Å². The molecule has 23 nitrogen and oxygen atoms in total. The molecule has 0 radical (unpaired) electrons. The summed E-state index contributed by atoms with van der Waals surface area (Å²) in [5, 5.41) is 57.8. The number of hydrogen-bond donors (Lipinski definition) is 9. The second-order valence-corrected chi connectivity index (χ2v) is 20.9. The van der Waals surface area contributed by atoms with E-state index in [1.54, 1.807) is 6.07 Å². The highest BCUT2D eigenvalue weighted by molar-refractivity contribution is 7.86. The molecule has 4 aromatic rings. The Hall–Kier alpha value is -8.23. The molecule has 0 bridgehead atoms. The SMILES string of the molecule is CCCc1cc(=O)oc2c3c(c4c(c12)OC(C)(C)CC4)O[C@@H](C)[C@H](C)[C@@H]3O.O=C1C=C(O)/C(=N\Nc2ccc(/C=C/c3ccc(N/N=C4/C(O)=CC(=O)C=C4C(=O)O)cc3S(=O)(=O)O)c(S(=O)(=O)O)c2)C(C(=O)O)=C1. The van der Waals surface area contributed by atoms with Crippen molar-refractivity contribution in [2.75, 3.05) is 10.9 Å². The zero-order valence-corrected chi connectivity index (χ0v) is 41.9. The summed E-state index contributed by atoms with van der Waals surface area (Å²) in [5.74, 6) is -5.08. The first-order valence-corrected chi connectivity index (χ1v) is 25.5. The minimum absolute atomic E-state index is 0.0974. The van der Waals surface area contributed by atoms with Crippen LogP contribution in [0.1, 0.15) is 81.4 Å². The molecule has 2 aliphatic carbocycles. The van der Waals surface area contributed by atoms with Crippen molar-refractivity contribution in [1.29, 1.82) is 0 Å². The van der Waals surface area contributed by atoms with E-state index in [1.807, 2.05) is 13.8 Å². The van der Waals surface area contributed by atoms with E-state index in [-0.39, 0.29) is 40.1 Å². The second kappa shape index (κ2) is 20.9. The first-order valence-electron chi connectivity index (χ1n) is 22.7. The quantitative estimate of drug-likeness (QED) is 0.0248. The van der Waals surface area contributed by atoms with E-state index in [1.165, 1.54) is 12.1 Å². The van der Waals surface area contributed by atoms with Crippen LogP contribution < -0.4 is 26.0 Å². The van der Waals surface area contributed by atoms with Crippen molar-refractivity contribution in [2.45, 2.75) is 87.9 Å². The van der Waals surface area contributed by atoms with Crippen molar-refractivity contribution in [3.63, 3.8) is 0 Å². The number of nitrogens with one attached hydrogen (secondary N) is 2. The van der Waals surface area contributed by atoms with Gasteiger partial charge >= 0.3 is 17.6 Å². The molecular formula is C50H48N4O19S2. The van der Waals surface area contributed by atoms with Gasteiger partial charge in [-0.1, -0.05) is 44.6 Å². The number of allylic oxidation sites excluding steroid dienone is 6. The fourth-order valence-electron chi connectivity index (χ4n) is 8.37. The summed E-state index contributed by atoms with van der Waals surface area (Å²) in [5.41, 5.74) is 3.74. The Balaban J connectivity index is 0.000000255. The van der Waals surface area contributed by atoms with Crippen LogP contribution in [-0.2, 0) is 52.3 Å². The topological polar surface area (TPSA) is 376 Å². The molecule has 3 atom stereocenters. The summed E-state index contributed by atoms with van der Waals surface area (Å²) in [7, 11) is -9.93. The summed E-state index contributed by atoms with van der Waals surface area (Å²) in [6.45, 7) is 10.1. The Labute approximate surface area is 426 Å². The molecule has 4 aliphatic rings. The zero-order chi connectivity index (χ0) is 55.1. The second-order valence-electron chi connectivity index (χ2n) is 18.1. The predicted octanol–water partition coefficient (Wildman–Crippen LogP) is 6.26. The van der Waals surface area contributed by atoms with Crippen LogP contribution in [0.15, 0.2) is 119 Å². The van der Waals surface area contributed by atoms with E-state index >= 15 is 0 Å². The number of rotatable bonds is 12. The number of carboxylic acids is 2. The van der Waals surface area contributed by atoms with E-state index in [4.69, 9.17) is 13.9 Å². The number of ether oxygens (including phenoxy) is 2. The highest BCUT2D eigenvalue weighted by atomic mass is 32.2. The number of aliphatic hydroxyl groups excluding tert-OH is 3. The summed E-state index contributed by atoms with van der Waals surface area (Å²) in [6, 6.07) is 8.01. The lowest BCUT2D eigenvalue weighted by atomic mass is 9.83. The average molecular weight is 1070 g/mol. The van der Waals surface area contributed by atoms with Crippen molar-refractivity contribution in [2.24, 2.45) is 16.1 Å². The Morgan fingerprint density at radius 3 is 1.72 bits per heavy atom. The molecule has 2 aliphatic heterocycles. The van der Waals surface area contributed by atoms with Crippen LogP contribution in [0.25, 0.3) is 23.1 Å². The third-order valence-electron chi connectivity index (χ3n) is 12.2. The number of carboxylic acid groups (broad SMARTS) is 2. The van der Waals surface area contributed by atoms with Gasteiger partial charge < -0.3 is 39.4 Å². The highest BCUT2D eigenvalue weighted by Gasteiger charge is 2.41. The van der Waals surface area contributed by atoms with Crippen LogP contribution in [0.5, 0.6) is 11.5 Å². The number of fused-ring (bicyclic) bond motifs is 6. The lowest BCUT2D eigenvalue weighted by molar-refractivity contribution is -0.133. The molecule has 25 heteroatoms. The van der Waals surface area contributed by atoms with E-state index in [0.717, 1.165) is 84.4 Å². The molecule has 0 saturated carbocycles. The van der Waals surface area contributed by atoms with Gasteiger partial charge in [0.2, 0.25) is 0 Å². The van der Waals surface area contributed by atoms with Gasteiger partial charge in [0.15, 0.2) is 17.1 Å². The summed E-state index contributed by atoms with van der Waals surface area (Å²) >= 11 is 0. The molecule has 0 unspecified atom stereocenters. The molecule has 8 rings (SSSR count). The smallest absolute Gasteiger partial charge is 0.338 e. The summed E-state index contributed by atoms with van der Waals surface area (Å²) in [4.78, 5) is 56.8. The van der Waals surface area contributed by atoms with Gasteiger partial charge in [-0.25, -0.2) is 14.4 Å². The number of aryl methyl sites for hydroxylation is 1. The van der Waals surface area contributed by atoms with Crippen molar-refractivity contribution in [3.05, 3.63) is 128 Å². The Bertz CT molecular complexity index is 3480. The van der Waals surface area contributed by atoms with Crippen LogP contribution >= 0.6 is 0 Å². The number of anilines is 2. The number of carbonyl (C=O) groups excluding carboxylic acids is 2. The number of nitrogens with zero attached hydrogens (tertiary/aromatic N) is 2. The molecule has 0 amide bonds. The van der Waals surface area contributed by atoms with Crippen molar-refractivity contribution in [1.82, 2.24) is 0 Å². The Kier molecular flexibility index (Phi) is 15.2. The normalized spacial score (nSPS) is 20.3. The Morgan fingerprint density at radius 2 is 1.27 bits per heavy atom. The molecule has 394 valence electrons. The molecule has 3 aromatic carbocycles. The number of ketones is 2. The van der Waals surface area contributed by atoms with Gasteiger partial charge in [-0.3, -0.25) is 29.5 Å². The molecule has 0 saturated heterocycles. The van der Waals surface area contributed by atoms with Gasteiger partial charge in [-0.05, 0) is 81.0 Å². The van der Waals surface area contributed by atoms with Crippen LogP contribution in [0.2, 0.25) is 0 Å². The lowest BCUT2D eigenvalue weighted by Crippen LogP contribution is -2.36. The van der Waals surface area contributed by atoms with Crippen LogP contribution in [0.4, 0.5) is 11.4 Å². The Morgan fingerprint density at radius 1 is 0.773 bits per heavy atom. The number of aliphatic carboxylic acids is 2. The molecule has 0 spiro atoms. The fourth-order valence-corrected chi connectivity index (χ4v) is 9.79. The van der Waals surface area contributed by atoms with Crippen molar-refractivity contribution >= 4 is 89.7 Å². The molecule has 3 heterocycles. The number of benzene rings is 3. The molecular weight excluding hydrogens is 1020 g/mol. The molecule has 1 aromatic heterocycles. The maximum atomic E-state index is 12.3. The standard InChI is InChI=1S/C28H20N4O14S2.C22H28O5/c33-17-9-19(27(37)38)25(21(35)11-17)31-29-15-5-3-13(23(7-15)47(41,42)43)1-2-14-4-6-16(8-24(14)48(44,45)46)30-32-26-20(28(39)40)10-18(34)12-22(26)36;1-6-7-13-10-15(23)26-21-16(13)20-14(8-9-22(4,5)27-20)19-17(21)18(24)11(2)12(3)25-19/h1-12,29-30,35-36H,(H,37,38)(H,39,40)(H,41,42,43)(H,44,45,46);10-12,18,24H,6-9H2,1-5H3/b2-1+,31-25-,32-26+;/t;11-,12-,18-/m.0/s1. The minimum atomic E-state index is -4.96.